The molecule has 96 valence electrons. The number of esters is 1. The predicted molar refractivity (Wildman–Crippen MR) is 57.0 cm³/mol. The molecule has 0 N–H and O–H groups in total. The lowest BCUT2D eigenvalue weighted by Crippen LogP contribution is -2.22. The molecule has 0 spiro atoms. The number of alkyl halides is 3. The minimum Gasteiger partial charge on any atom is -0.461 e. The molecule has 4 nitrogen and oxygen atoms in total. The molecule has 0 bridgehead atoms. The fraction of sp³-hybridized carbons (Fsp3) is 0.273. The van der Waals surface area contributed by atoms with Crippen LogP contribution in [0.25, 0.3) is 11.0 Å². The van der Waals surface area contributed by atoms with E-state index in [0.717, 1.165) is 6.07 Å². The highest BCUT2D eigenvalue weighted by Crippen LogP contribution is 2.31. The van der Waals surface area contributed by atoms with Crippen LogP contribution in [0.15, 0.2) is 24.4 Å². The van der Waals surface area contributed by atoms with Gasteiger partial charge in [-0.15, -0.1) is 13.2 Å². The van der Waals surface area contributed by atoms with Crippen molar-refractivity contribution in [1.82, 2.24) is 9.55 Å². The minimum absolute atomic E-state index is 0.00560. The van der Waals surface area contributed by atoms with Gasteiger partial charge in [-0.05, 0) is 25.1 Å². The van der Waals surface area contributed by atoms with E-state index >= 15 is 0 Å². The lowest BCUT2D eigenvalue weighted by Gasteiger charge is -2.12. The Morgan fingerprint density at radius 1 is 1.50 bits per heavy atom. The summed E-state index contributed by atoms with van der Waals surface area (Å²) in [4.78, 5) is 15.3. The number of hydrogen-bond donors (Lipinski definition) is 0. The summed E-state index contributed by atoms with van der Waals surface area (Å²) >= 11 is 0. The first-order valence-corrected chi connectivity index (χ1v) is 5.16. The lowest BCUT2D eigenvalue weighted by atomic mass is 10.4. The van der Waals surface area contributed by atoms with E-state index in [4.69, 9.17) is 0 Å². The zero-order valence-electron chi connectivity index (χ0n) is 9.36. The van der Waals surface area contributed by atoms with E-state index < -0.39 is 18.0 Å². The summed E-state index contributed by atoms with van der Waals surface area (Å²) in [5.41, 5.74) is -0.649. The van der Waals surface area contributed by atoms with Crippen molar-refractivity contribution in [1.29, 1.82) is 0 Å². The van der Waals surface area contributed by atoms with E-state index in [1.807, 2.05) is 0 Å². The van der Waals surface area contributed by atoms with Crippen LogP contribution < -0.4 is 0 Å². The normalized spacial score (nSPS) is 11.8. The molecule has 7 heteroatoms. The van der Waals surface area contributed by atoms with E-state index in [1.165, 1.54) is 25.3 Å². The number of carbonyl (C=O) groups excluding carboxylic acids is 1. The first-order valence-electron chi connectivity index (χ1n) is 5.16. The highest BCUT2D eigenvalue weighted by Gasteiger charge is 2.37. The molecular formula is C11H9F3N2O2. The van der Waals surface area contributed by atoms with Crippen molar-refractivity contribution in [3.8, 4) is 0 Å². The van der Waals surface area contributed by atoms with Gasteiger partial charge in [0.1, 0.15) is 5.69 Å². The van der Waals surface area contributed by atoms with Crippen molar-refractivity contribution < 1.29 is 22.7 Å². The molecule has 0 radical (unpaired) electrons. The number of nitrogens with zero attached hydrogens (tertiary/aromatic N) is 2. The maximum atomic E-state index is 12.9. The maximum Gasteiger partial charge on any atom is 0.489 e. The molecule has 0 saturated carbocycles. The number of halogens is 3. The molecular weight excluding hydrogens is 249 g/mol. The average Bonchev–Trinajstić information content (AvgIpc) is 2.68. The molecule has 2 aromatic rings. The largest absolute Gasteiger partial charge is 0.489 e. The smallest absolute Gasteiger partial charge is 0.461 e. The quantitative estimate of drug-likeness (QED) is 0.778. The second kappa shape index (κ2) is 4.32. The Morgan fingerprint density at radius 2 is 2.22 bits per heavy atom. The SMILES string of the molecule is CCOC(=O)c1cc2ncccc2n1C(F)(F)F. The molecule has 0 fully saturated rings. The molecule has 18 heavy (non-hydrogen) atoms. The van der Waals surface area contributed by atoms with E-state index in [9.17, 15) is 18.0 Å². The average molecular weight is 258 g/mol. The topological polar surface area (TPSA) is 44.1 Å². The fourth-order valence-electron chi connectivity index (χ4n) is 1.66. The van der Waals surface area contributed by atoms with Gasteiger partial charge >= 0.3 is 12.3 Å². The van der Waals surface area contributed by atoms with E-state index in [1.54, 1.807) is 0 Å². The fourth-order valence-corrected chi connectivity index (χ4v) is 1.66. The Labute approximate surface area is 100.0 Å². The molecule has 0 amide bonds. The number of pyridine rings is 1. The second-order valence-electron chi connectivity index (χ2n) is 3.46. The Morgan fingerprint density at radius 3 is 2.83 bits per heavy atom. The number of rotatable bonds is 2. The van der Waals surface area contributed by atoms with Crippen LogP contribution in [0.1, 0.15) is 17.4 Å². The molecule has 0 saturated heterocycles. The Kier molecular flexibility index (Phi) is 2.98. The lowest BCUT2D eigenvalue weighted by molar-refractivity contribution is -0.201. The summed E-state index contributed by atoms with van der Waals surface area (Å²) in [6, 6.07) is 3.69. The molecule has 2 heterocycles. The Hall–Kier alpha value is -2.05. The van der Waals surface area contributed by atoms with Gasteiger partial charge in [-0.2, -0.15) is 0 Å². The van der Waals surface area contributed by atoms with Gasteiger partial charge in [0.2, 0.25) is 0 Å². The summed E-state index contributed by atoms with van der Waals surface area (Å²) < 4.78 is 43.4. The van der Waals surface area contributed by atoms with Gasteiger partial charge < -0.3 is 4.74 Å². The molecule has 2 aromatic heterocycles. The molecule has 0 aliphatic rings. The maximum absolute atomic E-state index is 12.9. The first-order chi connectivity index (χ1) is 8.45. The molecule has 2 rings (SSSR count). The van der Waals surface area contributed by atoms with Crippen LogP contribution in [0.4, 0.5) is 13.2 Å². The number of hydrogen-bond acceptors (Lipinski definition) is 3. The van der Waals surface area contributed by atoms with Crippen molar-refractivity contribution in [2.45, 2.75) is 13.2 Å². The van der Waals surface area contributed by atoms with Crippen LogP contribution in [-0.2, 0) is 11.0 Å². The van der Waals surface area contributed by atoms with Crippen molar-refractivity contribution >= 4 is 17.0 Å². The third-order valence-corrected chi connectivity index (χ3v) is 2.31. The summed E-state index contributed by atoms with van der Waals surface area (Å²) in [6.45, 7) is 1.53. The third kappa shape index (κ3) is 2.03. The molecule has 0 atom stereocenters. The van der Waals surface area contributed by atoms with Crippen LogP contribution in [0.2, 0.25) is 0 Å². The van der Waals surface area contributed by atoms with Gasteiger partial charge in [-0.25, -0.2) is 9.36 Å². The number of carbonyl (C=O) groups is 1. The number of ether oxygens (including phenoxy) is 1. The van der Waals surface area contributed by atoms with Gasteiger partial charge in [-0.1, -0.05) is 0 Å². The summed E-state index contributed by atoms with van der Waals surface area (Å²) in [6.07, 6.45) is -3.34. The zero-order chi connectivity index (χ0) is 13.3. The van der Waals surface area contributed by atoms with E-state index in [2.05, 4.69) is 9.72 Å². The molecule has 0 aromatic carbocycles. The van der Waals surface area contributed by atoms with Crippen LogP contribution >= 0.6 is 0 Å². The van der Waals surface area contributed by atoms with Gasteiger partial charge in [0.25, 0.3) is 0 Å². The van der Waals surface area contributed by atoms with Crippen LogP contribution in [0.3, 0.4) is 0 Å². The Balaban J connectivity index is 2.68. The molecule has 0 aliphatic heterocycles. The monoisotopic (exact) mass is 258 g/mol. The highest BCUT2D eigenvalue weighted by molar-refractivity contribution is 5.94. The highest BCUT2D eigenvalue weighted by atomic mass is 19.4. The minimum atomic E-state index is -4.70. The van der Waals surface area contributed by atoms with Crippen molar-refractivity contribution in [2.75, 3.05) is 6.61 Å². The predicted octanol–water partition coefficient (Wildman–Crippen LogP) is 2.69. The summed E-state index contributed by atoms with van der Waals surface area (Å²) in [5, 5.41) is 0. The Bertz CT molecular complexity index is 589. The van der Waals surface area contributed by atoms with Crippen molar-refractivity contribution in [3.05, 3.63) is 30.1 Å². The summed E-state index contributed by atoms with van der Waals surface area (Å²) in [7, 11) is 0. The standard InChI is InChI=1S/C11H9F3N2O2/c1-2-18-10(17)9-6-7-8(4-3-5-15-7)16(9)11(12,13)14/h3-6H,2H2,1H3. The second-order valence-corrected chi connectivity index (χ2v) is 3.46. The van der Waals surface area contributed by atoms with Crippen LogP contribution in [-0.4, -0.2) is 22.1 Å². The zero-order valence-corrected chi connectivity index (χ0v) is 9.36. The van der Waals surface area contributed by atoms with Crippen molar-refractivity contribution in [2.24, 2.45) is 0 Å². The number of aromatic nitrogens is 2. The number of fused-ring (bicyclic) bond motifs is 1. The van der Waals surface area contributed by atoms with Gasteiger partial charge in [0.05, 0.1) is 17.6 Å². The molecule has 0 aliphatic carbocycles. The third-order valence-electron chi connectivity index (χ3n) is 2.31. The van der Waals surface area contributed by atoms with Gasteiger partial charge in [-0.3, -0.25) is 4.98 Å². The van der Waals surface area contributed by atoms with Gasteiger partial charge in [0, 0.05) is 6.20 Å². The van der Waals surface area contributed by atoms with Crippen molar-refractivity contribution in [3.63, 3.8) is 0 Å². The van der Waals surface area contributed by atoms with Crippen LogP contribution in [0, 0.1) is 0 Å². The summed E-state index contributed by atoms with van der Waals surface area (Å²) in [5.74, 6) is -1.02. The first kappa shape index (κ1) is 12.4. The van der Waals surface area contributed by atoms with Gasteiger partial charge in [0.15, 0.2) is 0 Å². The van der Waals surface area contributed by atoms with Crippen LogP contribution in [0.5, 0.6) is 0 Å². The van der Waals surface area contributed by atoms with E-state index in [0.29, 0.717) is 0 Å². The molecule has 0 unspecified atom stereocenters. The van der Waals surface area contributed by atoms with E-state index in [-0.39, 0.29) is 22.2 Å².